The first-order chi connectivity index (χ1) is 11.2. The van der Waals surface area contributed by atoms with Crippen LogP contribution in [0.4, 0.5) is 18.9 Å². The number of hydrogen-bond donors (Lipinski definition) is 1. The molecule has 3 rings (SSSR count). The first-order valence-electron chi connectivity index (χ1n) is 6.60. The van der Waals surface area contributed by atoms with E-state index >= 15 is 0 Å². The first-order valence-corrected chi connectivity index (χ1v) is 9.62. The molecule has 126 valence electrons. The molecule has 0 atom stereocenters. The van der Waals surface area contributed by atoms with Gasteiger partial charge in [0.2, 0.25) is 0 Å². The molecule has 1 aromatic heterocycles. The second-order valence-corrected chi connectivity index (χ2v) is 7.79. The number of halogens is 3. The maximum atomic E-state index is 12.7. The molecule has 0 bridgehead atoms. The number of hydrogen-bond acceptors (Lipinski definition) is 4. The summed E-state index contributed by atoms with van der Waals surface area (Å²) in [6, 6.07) is 7.00. The van der Waals surface area contributed by atoms with E-state index in [0.717, 1.165) is 23.8 Å². The fourth-order valence-corrected chi connectivity index (χ4v) is 4.77. The van der Waals surface area contributed by atoms with E-state index in [1.54, 1.807) is 13.0 Å². The second-order valence-electron chi connectivity index (χ2n) is 5.03. The molecular weight excluding hydrogens is 410 g/mol. The third-order valence-corrected chi connectivity index (χ3v) is 5.83. The Morgan fingerprint density at radius 1 is 1.08 bits per heavy atom. The van der Waals surface area contributed by atoms with Gasteiger partial charge in [-0.2, -0.15) is 0 Å². The van der Waals surface area contributed by atoms with Crippen LogP contribution in [0.5, 0.6) is 0 Å². The molecule has 0 aliphatic heterocycles. The molecular formula is C14H10F3N3O2SSe. The Balaban J connectivity index is 2.03. The zero-order valence-electron chi connectivity index (χ0n) is 12.1. The zero-order chi connectivity index (χ0) is 17.5. The van der Waals surface area contributed by atoms with E-state index < -0.39 is 36.7 Å². The van der Waals surface area contributed by atoms with Gasteiger partial charge in [0.25, 0.3) is 0 Å². The van der Waals surface area contributed by atoms with Crippen LogP contribution in [0.15, 0.2) is 41.3 Å². The summed E-state index contributed by atoms with van der Waals surface area (Å²) < 4.78 is 73.8. The number of alkyl halides is 3. The first kappa shape index (κ1) is 16.9. The number of sulfonamides is 1. The molecule has 2 aromatic carbocycles. The van der Waals surface area contributed by atoms with E-state index in [4.69, 9.17) is 0 Å². The van der Waals surface area contributed by atoms with Crippen LogP contribution in [0, 0.1) is 6.92 Å². The van der Waals surface area contributed by atoms with Crippen LogP contribution < -0.4 is 4.72 Å². The molecule has 1 heterocycles. The fraction of sp³-hybridized carbons (Fsp3) is 0.143. The van der Waals surface area contributed by atoms with Crippen molar-refractivity contribution < 1.29 is 21.6 Å². The van der Waals surface area contributed by atoms with Crippen LogP contribution in [-0.2, 0) is 16.2 Å². The number of rotatable bonds is 3. The van der Waals surface area contributed by atoms with E-state index in [1.165, 1.54) is 12.1 Å². The van der Waals surface area contributed by atoms with Crippen molar-refractivity contribution in [2.75, 3.05) is 4.72 Å². The van der Waals surface area contributed by atoms with Crippen molar-refractivity contribution in [3.63, 3.8) is 0 Å². The minimum atomic E-state index is -4.55. The van der Waals surface area contributed by atoms with Gasteiger partial charge in [0.05, 0.1) is 0 Å². The van der Waals surface area contributed by atoms with E-state index in [2.05, 4.69) is 12.7 Å². The number of nitrogens with zero attached hydrogens (tertiary/aromatic N) is 2. The van der Waals surface area contributed by atoms with Crippen LogP contribution in [0.2, 0.25) is 0 Å². The van der Waals surface area contributed by atoms with Gasteiger partial charge in [-0.25, -0.2) is 0 Å². The van der Waals surface area contributed by atoms with Gasteiger partial charge >= 0.3 is 141 Å². The summed E-state index contributed by atoms with van der Waals surface area (Å²) in [5.74, 6) is 0. The molecule has 0 unspecified atom stereocenters. The molecule has 10 heteroatoms. The molecule has 0 spiro atoms. The molecule has 24 heavy (non-hydrogen) atoms. The number of nitrogens with one attached hydrogen (secondary N) is 1. The van der Waals surface area contributed by atoms with Gasteiger partial charge in [-0.1, -0.05) is 0 Å². The van der Waals surface area contributed by atoms with Gasteiger partial charge in [-0.3, -0.25) is 0 Å². The summed E-state index contributed by atoms with van der Waals surface area (Å²) in [5.41, 5.74) is 0.474. The number of benzene rings is 2. The van der Waals surface area contributed by atoms with Crippen LogP contribution in [0.25, 0.3) is 11.0 Å². The monoisotopic (exact) mass is 421 g/mol. The van der Waals surface area contributed by atoms with E-state index in [0.29, 0.717) is 5.52 Å². The number of aromatic nitrogens is 2. The summed E-state index contributed by atoms with van der Waals surface area (Å²) in [5, 5.41) is 0. The van der Waals surface area contributed by atoms with Crippen molar-refractivity contribution in [1.29, 1.82) is 0 Å². The number of anilines is 1. The standard InChI is InChI=1S/C14H10F3N3O2SSe/c1-8-5-6-11(13-12(8)19-24-20-13)23(21,22)18-10-4-2-3-9(7-10)14(15,16)17/h2-7,18H,1H3. The fourth-order valence-electron chi connectivity index (χ4n) is 2.15. The minimum absolute atomic E-state index is 0.0939. The Hall–Kier alpha value is -1.90. The third kappa shape index (κ3) is 3.17. The summed E-state index contributed by atoms with van der Waals surface area (Å²) in [4.78, 5) is -0.0939. The molecule has 1 N–H and O–H groups in total. The Labute approximate surface area is 141 Å². The van der Waals surface area contributed by atoms with Crippen molar-refractivity contribution >= 4 is 41.7 Å². The van der Waals surface area contributed by atoms with Crippen molar-refractivity contribution in [3.05, 3.63) is 47.5 Å². The van der Waals surface area contributed by atoms with E-state index in [9.17, 15) is 21.6 Å². The Bertz CT molecular complexity index is 1020. The average Bonchev–Trinajstić information content (AvgIpc) is 2.96. The Morgan fingerprint density at radius 3 is 2.50 bits per heavy atom. The SMILES string of the molecule is Cc1ccc(S(=O)(=O)Nc2cccc(C(F)(F)F)c2)c2n[se]nc12. The van der Waals surface area contributed by atoms with Crippen LogP contribution in [0.3, 0.4) is 0 Å². The molecule has 0 fully saturated rings. The topological polar surface area (TPSA) is 72.0 Å². The van der Waals surface area contributed by atoms with E-state index in [-0.39, 0.29) is 16.1 Å². The quantitative estimate of drug-likeness (QED) is 0.662. The molecule has 0 saturated heterocycles. The van der Waals surface area contributed by atoms with Crippen molar-refractivity contribution in [3.8, 4) is 0 Å². The summed E-state index contributed by atoms with van der Waals surface area (Å²) in [7, 11) is -4.08. The Morgan fingerprint density at radius 2 is 1.79 bits per heavy atom. The van der Waals surface area contributed by atoms with Gasteiger partial charge in [0.1, 0.15) is 0 Å². The molecule has 0 saturated carbocycles. The molecule has 0 radical (unpaired) electrons. The van der Waals surface area contributed by atoms with Crippen molar-refractivity contribution in [2.45, 2.75) is 18.0 Å². The predicted molar refractivity (Wildman–Crippen MR) is 83.5 cm³/mol. The molecule has 0 amide bonds. The van der Waals surface area contributed by atoms with Gasteiger partial charge < -0.3 is 0 Å². The molecule has 0 aliphatic rings. The Kier molecular flexibility index (Phi) is 4.14. The van der Waals surface area contributed by atoms with Crippen LogP contribution >= 0.6 is 0 Å². The normalized spacial score (nSPS) is 12.5. The zero-order valence-corrected chi connectivity index (χ0v) is 14.7. The van der Waals surface area contributed by atoms with E-state index in [1.807, 2.05) is 0 Å². The summed E-state index contributed by atoms with van der Waals surface area (Å²) >= 11 is -0.422. The van der Waals surface area contributed by atoms with Crippen molar-refractivity contribution in [1.82, 2.24) is 7.96 Å². The van der Waals surface area contributed by atoms with Crippen LogP contribution in [-0.4, -0.2) is 31.3 Å². The average molecular weight is 420 g/mol. The second kappa shape index (κ2) is 5.87. The number of fused-ring (bicyclic) bond motifs is 1. The predicted octanol–water partition coefficient (Wildman–Crippen LogP) is 2.81. The van der Waals surface area contributed by atoms with Gasteiger partial charge in [0, 0.05) is 0 Å². The molecule has 5 nitrogen and oxygen atoms in total. The van der Waals surface area contributed by atoms with Gasteiger partial charge in [-0.05, 0) is 0 Å². The third-order valence-electron chi connectivity index (χ3n) is 3.31. The van der Waals surface area contributed by atoms with Gasteiger partial charge in [-0.15, -0.1) is 0 Å². The number of aryl methyl sites for hydroxylation is 1. The van der Waals surface area contributed by atoms with Crippen LogP contribution in [0.1, 0.15) is 11.1 Å². The molecule has 3 aromatic rings. The maximum absolute atomic E-state index is 12.7. The molecule has 0 aliphatic carbocycles. The summed E-state index contributed by atoms with van der Waals surface area (Å²) in [6.07, 6.45) is -4.55. The van der Waals surface area contributed by atoms with Gasteiger partial charge in [0.15, 0.2) is 0 Å². The van der Waals surface area contributed by atoms with Crippen molar-refractivity contribution in [2.24, 2.45) is 0 Å². The summed E-state index contributed by atoms with van der Waals surface area (Å²) in [6.45, 7) is 1.79.